The molecule has 2 fully saturated rings. The number of hydrogen-bond donors (Lipinski definition) is 1. The molecule has 1 saturated heterocycles. The molecule has 0 spiro atoms. The van der Waals surface area contributed by atoms with E-state index in [-0.39, 0.29) is 48.0 Å². The summed E-state index contributed by atoms with van der Waals surface area (Å²) in [6.45, 7) is 0.170. The molecular formula is C18H22F2N2O4S. The van der Waals surface area contributed by atoms with Gasteiger partial charge in [-0.05, 0) is 37.8 Å². The molecule has 148 valence electrons. The van der Waals surface area contributed by atoms with Crippen molar-refractivity contribution in [2.24, 2.45) is 0 Å². The molecule has 1 N–H and O–H groups in total. The van der Waals surface area contributed by atoms with Crippen LogP contribution in [-0.2, 0) is 14.6 Å². The number of benzene rings is 1. The van der Waals surface area contributed by atoms with Crippen molar-refractivity contribution in [3.63, 3.8) is 0 Å². The van der Waals surface area contributed by atoms with E-state index in [2.05, 4.69) is 5.32 Å². The zero-order valence-corrected chi connectivity index (χ0v) is 15.6. The molecule has 0 radical (unpaired) electrons. The van der Waals surface area contributed by atoms with Gasteiger partial charge in [-0.15, -0.1) is 0 Å². The number of carbonyl (C=O) groups is 2. The minimum atomic E-state index is -3.07. The lowest BCUT2D eigenvalue weighted by atomic mass is 10.1. The summed E-state index contributed by atoms with van der Waals surface area (Å²) in [5.74, 6) is -2.33. The number of sulfone groups is 1. The highest BCUT2D eigenvalue weighted by molar-refractivity contribution is 7.91. The second-order valence-electron chi connectivity index (χ2n) is 7.07. The van der Waals surface area contributed by atoms with Crippen molar-refractivity contribution >= 4 is 21.7 Å². The van der Waals surface area contributed by atoms with Gasteiger partial charge in [-0.25, -0.2) is 17.2 Å². The van der Waals surface area contributed by atoms with Crippen LogP contribution in [0.5, 0.6) is 0 Å². The number of nitrogens with zero attached hydrogens (tertiary/aromatic N) is 1. The maximum absolute atomic E-state index is 13.6. The molecule has 6 nitrogen and oxygen atoms in total. The summed E-state index contributed by atoms with van der Waals surface area (Å²) < 4.78 is 49.8. The summed E-state index contributed by atoms with van der Waals surface area (Å²) >= 11 is 0. The molecule has 27 heavy (non-hydrogen) atoms. The second-order valence-corrected chi connectivity index (χ2v) is 9.30. The number of carbonyl (C=O) groups excluding carboxylic acids is 2. The Morgan fingerprint density at radius 3 is 2.48 bits per heavy atom. The van der Waals surface area contributed by atoms with Crippen molar-refractivity contribution in [3.05, 3.63) is 35.4 Å². The van der Waals surface area contributed by atoms with E-state index >= 15 is 0 Å². The SMILES string of the molecule is O=C(NCCCC(=O)N(C1CC1)C1CCS(=O)(=O)C1)c1ccc(F)cc1F. The van der Waals surface area contributed by atoms with Crippen molar-refractivity contribution in [1.82, 2.24) is 10.2 Å². The molecule has 0 bridgehead atoms. The third-order valence-electron chi connectivity index (χ3n) is 4.86. The molecule has 9 heteroatoms. The van der Waals surface area contributed by atoms with E-state index in [0.717, 1.165) is 25.0 Å². The summed E-state index contributed by atoms with van der Waals surface area (Å²) in [5, 5.41) is 2.51. The summed E-state index contributed by atoms with van der Waals surface area (Å²) in [5.41, 5.74) is -0.251. The Bertz CT molecular complexity index is 840. The van der Waals surface area contributed by atoms with Gasteiger partial charge in [-0.3, -0.25) is 9.59 Å². The average Bonchev–Trinajstić information content (AvgIpc) is 3.35. The summed E-state index contributed by atoms with van der Waals surface area (Å²) in [4.78, 5) is 26.2. The molecule has 0 aromatic heterocycles. The molecular weight excluding hydrogens is 378 g/mol. The van der Waals surface area contributed by atoms with E-state index in [1.165, 1.54) is 0 Å². The van der Waals surface area contributed by atoms with Gasteiger partial charge in [0.2, 0.25) is 5.91 Å². The molecule has 1 atom stereocenters. The van der Waals surface area contributed by atoms with Gasteiger partial charge >= 0.3 is 0 Å². The van der Waals surface area contributed by atoms with Gasteiger partial charge in [0.15, 0.2) is 9.84 Å². The van der Waals surface area contributed by atoms with Crippen LogP contribution in [0.1, 0.15) is 42.5 Å². The molecule has 1 saturated carbocycles. The number of rotatable bonds is 7. The van der Waals surface area contributed by atoms with Gasteiger partial charge < -0.3 is 10.2 Å². The van der Waals surface area contributed by atoms with Crippen LogP contribution >= 0.6 is 0 Å². The second kappa shape index (κ2) is 7.92. The Labute approximate surface area is 156 Å². The van der Waals surface area contributed by atoms with Gasteiger partial charge in [0.05, 0.1) is 17.1 Å². The maximum atomic E-state index is 13.6. The van der Waals surface area contributed by atoms with Crippen molar-refractivity contribution in [3.8, 4) is 0 Å². The molecule has 1 aliphatic heterocycles. The van der Waals surface area contributed by atoms with E-state index < -0.39 is 27.4 Å². The smallest absolute Gasteiger partial charge is 0.254 e. The van der Waals surface area contributed by atoms with Crippen LogP contribution in [0.15, 0.2) is 18.2 Å². The standard InChI is InChI=1S/C18H22F2N2O4S/c19-12-3-6-15(16(20)10-12)18(24)21-8-1-2-17(23)22(13-4-5-13)14-7-9-27(25,26)11-14/h3,6,10,13-14H,1-2,4-5,7-9,11H2,(H,21,24). The summed E-state index contributed by atoms with van der Waals surface area (Å²) in [6, 6.07) is 2.59. The molecule has 3 rings (SSSR count). The minimum Gasteiger partial charge on any atom is -0.352 e. The van der Waals surface area contributed by atoms with E-state index in [1.54, 1.807) is 4.90 Å². The van der Waals surface area contributed by atoms with E-state index in [0.29, 0.717) is 18.9 Å². The Morgan fingerprint density at radius 1 is 1.15 bits per heavy atom. The molecule has 1 aromatic carbocycles. The fourth-order valence-electron chi connectivity index (χ4n) is 3.39. The average molecular weight is 400 g/mol. The van der Waals surface area contributed by atoms with Gasteiger partial charge in [-0.1, -0.05) is 0 Å². The topological polar surface area (TPSA) is 83.6 Å². The largest absolute Gasteiger partial charge is 0.352 e. The number of hydrogen-bond acceptors (Lipinski definition) is 4. The summed E-state index contributed by atoms with van der Waals surface area (Å²) in [6.07, 6.45) is 2.80. The lowest BCUT2D eigenvalue weighted by Crippen LogP contribution is -2.43. The predicted octanol–water partition coefficient (Wildman–Crippen LogP) is 1.65. The van der Waals surface area contributed by atoms with Crippen LogP contribution in [0.4, 0.5) is 8.78 Å². The highest BCUT2D eigenvalue weighted by Gasteiger charge is 2.41. The first-order valence-electron chi connectivity index (χ1n) is 9.02. The van der Waals surface area contributed by atoms with Gasteiger partial charge in [0, 0.05) is 31.1 Å². The van der Waals surface area contributed by atoms with Gasteiger partial charge in [-0.2, -0.15) is 0 Å². The lowest BCUT2D eigenvalue weighted by Gasteiger charge is -2.28. The van der Waals surface area contributed by atoms with E-state index in [9.17, 15) is 26.8 Å². The molecule has 1 aliphatic carbocycles. The molecule has 2 aliphatic rings. The lowest BCUT2D eigenvalue weighted by molar-refractivity contribution is -0.133. The highest BCUT2D eigenvalue weighted by atomic mass is 32.2. The van der Waals surface area contributed by atoms with E-state index in [4.69, 9.17) is 0 Å². The third-order valence-corrected chi connectivity index (χ3v) is 6.61. The Balaban J connectivity index is 1.48. The zero-order chi connectivity index (χ0) is 19.6. The first kappa shape index (κ1) is 19.7. The normalized spacial score (nSPS) is 21.0. The van der Waals surface area contributed by atoms with Crippen LogP contribution in [0.3, 0.4) is 0 Å². The van der Waals surface area contributed by atoms with Crippen LogP contribution in [-0.4, -0.2) is 55.3 Å². The molecule has 2 amide bonds. The predicted molar refractivity (Wildman–Crippen MR) is 94.9 cm³/mol. The number of nitrogens with one attached hydrogen (secondary N) is 1. The fraction of sp³-hybridized carbons (Fsp3) is 0.556. The maximum Gasteiger partial charge on any atom is 0.254 e. The van der Waals surface area contributed by atoms with Crippen molar-refractivity contribution in [2.45, 2.75) is 44.2 Å². The highest BCUT2D eigenvalue weighted by Crippen LogP contribution is 2.32. The monoisotopic (exact) mass is 400 g/mol. The molecule has 1 aromatic rings. The van der Waals surface area contributed by atoms with Crippen molar-refractivity contribution < 1.29 is 26.8 Å². The minimum absolute atomic E-state index is 0.0236. The van der Waals surface area contributed by atoms with Crippen molar-refractivity contribution in [1.29, 1.82) is 0 Å². The first-order chi connectivity index (χ1) is 12.8. The summed E-state index contributed by atoms with van der Waals surface area (Å²) in [7, 11) is -3.07. The fourth-order valence-corrected chi connectivity index (χ4v) is 5.10. The zero-order valence-electron chi connectivity index (χ0n) is 14.8. The van der Waals surface area contributed by atoms with Crippen LogP contribution in [0.2, 0.25) is 0 Å². The Morgan fingerprint density at radius 2 is 1.89 bits per heavy atom. The molecule has 1 unspecified atom stereocenters. The van der Waals surface area contributed by atoms with Crippen molar-refractivity contribution in [2.75, 3.05) is 18.1 Å². The van der Waals surface area contributed by atoms with Gasteiger partial charge in [0.1, 0.15) is 11.6 Å². The first-order valence-corrected chi connectivity index (χ1v) is 10.8. The quantitative estimate of drug-likeness (QED) is 0.706. The third kappa shape index (κ3) is 5.03. The van der Waals surface area contributed by atoms with Crippen LogP contribution < -0.4 is 5.32 Å². The number of halogens is 2. The van der Waals surface area contributed by atoms with E-state index in [1.807, 2.05) is 0 Å². The molecule has 1 heterocycles. The van der Waals surface area contributed by atoms with Gasteiger partial charge in [0.25, 0.3) is 5.91 Å². The van der Waals surface area contributed by atoms with Crippen LogP contribution in [0.25, 0.3) is 0 Å². The van der Waals surface area contributed by atoms with Crippen LogP contribution in [0, 0.1) is 11.6 Å². The Kier molecular flexibility index (Phi) is 5.78. The Hall–Kier alpha value is -2.03. The number of amides is 2.